The molecule has 10 nitrogen and oxygen atoms in total. The van der Waals surface area contributed by atoms with Crippen molar-refractivity contribution in [2.45, 2.75) is 37.4 Å². The first kappa shape index (κ1) is 24.6. The summed E-state index contributed by atoms with van der Waals surface area (Å²) in [6, 6.07) is 9.70. The second-order valence-corrected chi connectivity index (χ2v) is 11.2. The summed E-state index contributed by atoms with van der Waals surface area (Å²) in [5, 5.41) is 5.55. The van der Waals surface area contributed by atoms with Gasteiger partial charge in [-0.25, -0.2) is 4.98 Å². The zero-order chi connectivity index (χ0) is 25.7. The molecule has 3 aliphatic rings. The van der Waals surface area contributed by atoms with E-state index < -0.39 is 0 Å². The fourth-order valence-electron chi connectivity index (χ4n) is 5.44. The van der Waals surface area contributed by atoms with Crippen LogP contribution in [-0.2, 0) is 0 Å². The maximum atomic E-state index is 13.9. The molecule has 196 valence electrons. The van der Waals surface area contributed by atoms with Crippen LogP contribution in [-0.4, -0.2) is 76.5 Å². The van der Waals surface area contributed by atoms with E-state index in [0.717, 1.165) is 74.1 Å². The van der Waals surface area contributed by atoms with Gasteiger partial charge < -0.3 is 30.9 Å². The Balaban J connectivity index is 1.37. The predicted molar refractivity (Wildman–Crippen MR) is 150 cm³/mol. The Bertz CT molecular complexity index is 1320. The van der Waals surface area contributed by atoms with Gasteiger partial charge in [0.1, 0.15) is 11.6 Å². The number of nitrogens with two attached hydrogens (primary N) is 2. The maximum absolute atomic E-state index is 13.9. The monoisotopic (exact) mass is 541 g/mol. The van der Waals surface area contributed by atoms with Gasteiger partial charge in [0, 0.05) is 68.2 Å². The van der Waals surface area contributed by atoms with Crippen molar-refractivity contribution in [1.82, 2.24) is 19.5 Å². The third-order valence-corrected chi connectivity index (χ3v) is 8.07. The fraction of sp³-hybridized carbons (Fsp3) is 0.480. The average Bonchev–Trinajstić information content (AvgIpc) is 3.29. The highest BCUT2D eigenvalue weighted by Crippen LogP contribution is 2.36. The van der Waals surface area contributed by atoms with Crippen LogP contribution in [0.5, 0.6) is 0 Å². The Morgan fingerprint density at radius 3 is 2.57 bits per heavy atom. The number of piperidine rings is 1. The molecule has 37 heavy (non-hydrogen) atoms. The van der Waals surface area contributed by atoms with Crippen LogP contribution in [0.1, 0.15) is 41.4 Å². The Morgan fingerprint density at radius 2 is 1.84 bits per heavy atom. The van der Waals surface area contributed by atoms with E-state index in [9.17, 15) is 4.79 Å². The minimum atomic E-state index is -0.142. The normalized spacial score (nSPS) is 20.8. The van der Waals surface area contributed by atoms with Gasteiger partial charge in [-0.15, -0.1) is 0 Å². The quantitative estimate of drug-likeness (QED) is 0.404. The summed E-state index contributed by atoms with van der Waals surface area (Å²) in [6.45, 7) is 3.81. The molecule has 0 saturated carbocycles. The van der Waals surface area contributed by atoms with Crippen molar-refractivity contribution in [3.8, 4) is 0 Å². The van der Waals surface area contributed by atoms with E-state index in [1.165, 1.54) is 11.9 Å². The summed E-state index contributed by atoms with van der Waals surface area (Å²) in [5.41, 5.74) is 15.1. The summed E-state index contributed by atoms with van der Waals surface area (Å²) >= 11 is 7.74. The van der Waals surface area contributed by atoms with Crippen molar-refractivity contribution in [3.63, 3.8) is 0 Å². The molecule has 0 radical (unpaired) electrons. The fourth-order valence-corrected chi connectivity index (χ4v) is 6.01. The van der Waals surface area contributed by atoms with Crippen LogP contribution in [0.25, 0.3) is 5.65 Å². The number of nitrogens with one attached hydrogen (secondary N) is 1. The highest BCUT2D eigenvalue weighted by Gasteiger charge is 2.34. The second-order valence-electron chi connectivity index (χ2n) is 10.1. The number of hydrogen-bond acceptors (Lipinski definition) is 9. The van der Waals surface area contributed by atoms with Crippen molar-refractivity contribution >= 4 is 52.4 Å². The molecular formula is C25H32ClN9OS. The molecule has 1 amide bonds. The zero-order valence-electron chi connectivity index (χ0n) is 20.8. The smallest absolute Gasteiger partial charge is 0.256 e. The lowest BCUT2D eigenvalue weighted by atomic mass is 9.98. The summed E-state index contributed by atoms with van der Waals surface area (Å²) in [6.07, 6.45) is 4.77. The van der Waals surface area contributed by atoms with E-state index in [2.05, 4.69) is 20.6 Å². The Kier molecular flexibility index (Phi) is 6.56. The number of rotatable bonds is 6. The van der Waals surface area contributed by atoms with E-state index in [-0.39, 0.29) is 24.0 Å². The molecule has 3 aliphatic heterocycles. The zero-order valence-corrected chi connectivity index (χ0v) is 22.4. The SMILES string of the molecule is CSNc1ccc(Cl)cc1C(=O)N1CCCCC1c1cc2nc(N3CC(N)C3)cc(N3CC(N)C3)n2n1. The summed E-state index contributed by atoms with van der Waals surface area (Å²) < 4.78 is 5.12. The van der Waals surface area contributed by atoms with Gasteiger partial charge in [-0.05, 0) is 37.5 Å². The molecule has 1 unspecified atom stereocenters. The number of likely N-dealkylation sites (tertiary alicyclic amines) is 1. The second kappa shape index (κ2) is 9.86. The molecule has 6 rings (SSSR count). The van der Waals surface area contributed by atoms with Gasteiger partial charge in [0.2, 0.25) is 0 Å². The highest BCUT2D eigenvalue weighted by atomic mass is 35.5. The lowest BCUT2D eigenvalue weighted by Gasteiger charge is -2.41. The molecule has 5 N–H and O–H groups in total. The third-order valence-electron chi connectivity index (χ3n) is 7.41. The van der Waals surface area contributed by atoms with Crippen LogP contribution >= 0.6 is 23.5 Å². The molecule has 0 aliphatic carbocycles. The molecule has 0 spiro atoms. The first-order valence-corrected chi connectivity index (χ1v) is 14.3. The summed E-state index contributed by atoms with van der Waals surface area (Å²) in [5.74, 6) is 1.83. The Morgan fingerprint density at radius 1 is 1.08 bits per heavy atom. The largest absolute Gasteiger partial charge is 0.353 e. The number of carbonyl (C=O) groups is 1. The standard InChI is InChI=1S/C25H32ClN9OS/c1-37-31-19-6-5-15(26)8-18(19)25(36)34-7-3-2-4-21(34)20-9-23-29-22(32-11-16(27)12-32)10-24(35(23)30-20)33-13-17(28)14-33/h5-6,8-10,16-17,21,31H,2-4,7,11-14,27-28H2,1H3. The minimum absolute atomic E-state index is 0.0436. The predicted octanol–water partition coefficient (Wildman–Crippen LogP) is 2.73. The van der Waals surface area contributed by atoms with Crippen molar-refractivity contribution < 1.29 is 4.79 Å². The van der Waals surface area contributed by atoms with Crippen LogP contribution in [0.2, 0.25) is 5.02 Å². The molecule has 0 bridgehead atoms. The Hall–Kier alpha value is -2.73. The van der Waals surface area contributed by atoms with E-state index >= 15 is 0 Å². The van der Waals surface area contributed by atoms with Crippen molar-refractivity contribution in [2.24, 2.45) is 11.5 Å². The molecule has 12 heteroatoms. The van der Waals surface area contributed by atoms with Gasteiger partial charge in [0.15, 0.2) is 5.65 Å². The van der Waals surface area contributed by atoms with Crippen LogP contribution < -0.4 is 26.0 Å². The third kappa shape index (κ3) is 4.58. The highest BCUT2D eigenvalue weighted by molar-refractivity contribution is 7.99. The summed E-state index contributed by atoms with van der Waals surface area (Å²) in [7, 11) is 0. The first-order chi connectivity index (χ1) is 17.9. The van der Waals surface area contributed by atoms with Gasteiger partial charge in [-0.2, -0.15) is 9.61 Å². The average molecular weight is 542 g/mol. The Labute approximate surface area is 225 Å². The van der Waals surface area contributed by atoms with Crippen molar-refractivity contribution in [2.75, 3.05) is 53.5 Å². The van der Waals surface area contributed by atoms with Crippen LogP contribution in [0.15, 0.2) is 30.3 Å². The van der Waals surface area contributed by atoms with Gasteiger partial charge in [0.25, 0.3) is 5.91 Å². The molecular weight excluding hydrogens is 510 g/mol. The number of halogens is 1. The van der Waals surface area contributed by atoms with Gasteiger partial charge >= 0.3 is 0 Å². The number of amides is 1. The number of hydrogen-bond donors (Lipinski definition) is 3. The van der Waals surface area contributed by atoms with Gasteiger partial charge in [-0.3, -0.25) is 4.79 Å². The maximum Gasteiger partial charge on any atom is 0.256 e. The lowest BCUT2D eigenvalue weighted by molar-refractivity contribution is 0.0607. The number of fused-ring (bicyclic) bond motifs is 1. The van der Waals surface area contributed by atoms with E-state index in [4.69, 9.17) is 33.2 Å². The molecule has 2 aromatic heterocycles. The number of anilines is 3. The number of aromatic nitrogens is 3. The van der Waals surface area contributed by atoms with Gasteiger partial charge in [0.05, 0.1) is 23.0 Å². The topological polar surface area (TPSA) is 121 Å². The van der Waals surface area contributed by atoms with Crippen LogP contribution in [0.3, 0.4) is 0 Å². The lowest BCUT2D eigenvalue weighted by Crippen LogP contribution is -2.57. The van der Waals surface area contributed by atoms with Gasteiger partial charge in [-0.1, -0.05) is 23.5 Å². The molecule has 1 aromatic carbocycles. The molecule has 3 fully saturated rings. The number of nitrogens with zero attached hydrogens (tertiary/aromatic N) is 6. The van der Waals surface area contributed by atoms with Crippen molar-refractivity contribution in [1.29, 1.82) is 0 Å². The molecule has 1 atom stereocenters. The minimum Gasteiger partial charge on any atom is -0.353 e. The van der Waals surface area contributed by atoms with Crippen LogP contribution in [0, 0.1) is 0 Å². The van der Waals surface area contributed by atoms with Crippen LogP contribution in [0.4, 0.5) is 17.3 Å². The molecule has 3 aromatic rings. The number of carbonyl (C=O) groups excluding carboxylic acids is 1. The van der Waals surface area contributed by atoms with E-state index in [1.807, 2.05) is 27.8 Å². The summed E-state index contributed by atoms with van der Waals surface area (Å²) in [4.78, 5) is 25.2. The van der Waals surface area contributed by atoms with Crippen molar-refractivity contribution in [3.05, 3.63) is 46.6 Å². The number of benzene rings is 1. The van der Waals surface area contributed by atoms with E-state index in [1.54, 1.807) is 12.1 Å². The first-order valence-electron chi connectivity index (χ1n) is 12.7. The molecule has 5 heterocycles. The molecule has 3 saturated heterocycles. The van der Waals surface area contributed by atoms with E-state index in [0.29, 0.717) is 17.1 Å².